The van der Waals surface area contributed by atoms with Gasteiger partial charge >= 0.3 is 12.1 Å². The third kappa shape index (κ3) is 17.0. The molecule has 0 aliphatic carbocycles. The van der Waals surface area contributed by atoms with Gasteiger partial charge in [-0.3, -0.25) is 4.79 Å². The lowest BCUT2D eigenvalue weighted by atomic mass is 10.1. The molecule has 8 heteroatoms. The fourth-order valence-corrected chi connectivity index (χ4v) is 2.13. The van der Waals surface area contributed by atoms with Gasteiger partial charge in [-0.1, -0.05) is 60.0 Å². The summed E-state index contributed by atoms with van der Waals surface area (Å²) >= 11 is 0. The highest BCUT2D eigenvalue weighted by atomic mass is 16.6. The second-order valence-electron chi connectivity index (χ2n) is 6.91. The standard InChI is InChI=1S/C19H27NO6.CH2O.4CH4/c1-13(16(22)10-11-21)25-17(23)15(12-14-8-6-5-7-9-14)20-18(24)26-19(2,3)4;1-2;;;;/h5-9,13,15,21H,10-12H2,1-4H3,(H,20,24);1H2;4*1H4. The summed E-state index contributed by atoms with van der Waals surface area (Å²) in [6, 6.07) is 8.11. The van der Waals surface area contributed by atoms with Crippen molar-refractivity contribution in [2.45, 2.75) is 88.0 Å². The Balaban J connectivity index is -0.000000393. The van der Waals surface area contributed by atoms with E-state index in [9.17, 15) is 14.4 Å². The van der Waals surface area contributed by atoms with Crippen LogP contribution in [0.5, 0.6) is 0 Å². The zero-order valence-electron chi connectivity index (χ0n) is 16.8. The fraction of sp³-hybridized carbons (Fsp3) is 0.583. The smallest absolute Gasteiger partial charge is 0.408 e. The first-order chi connectivity index (χ1) is 13.1. The zero-order valence-corrected chi connectivity index (χ0v) is 16.8. The molecule has 32 heavy (non-hydrogen) atoms. The molecule has 0 aromatic heterocycles. The molecular formula is C24H45NO7. The van der Waals surface area contributed by atoms with E-state index in [-0.39, 0.29) is 49.2 Å². The highest BCUT2D eigenvalue weighted by Gasteiger charge is 2.28. The molecule has 0 bridgehead atoms. The zero-order chi connectivity index (χ0) is 21.7. The summed E-state index contributed by atoms with van der Waals surface area (Å²) in [5.41, 5.74) is 0.107. The average Bonchev–Trinajstić information content (AvgIpc) is 2.62. The molecule has 0 heterocycles. The molecule has 0 saturated heterocycles. The van der Waals surface area contributed by atoms with Gasteiger partial charge in [-0.15, -0.1) is 0 Å². The quantitative estimate of drug-likeness (QED) is 0.554. The summed E-state index contributed by atoms with van der Waals surface area (Å²) in [6.07, 6.45) is -1.66. The first-order valence-corrected chi connectivity index (χ1v) is 8.78. The predicted octanol–water partition coefficient (Wildman–Crippen LogP) is 4.37. The number of aliphatic hydroxyl groups is 1. The lowest BCUT2D eigenvalue weighted by Crippen LogP contribution is -2.46. The number of esters is 1. The average molecular weight is 460 g/mol. The van der Waals surface area contributed by atoms with Gasteiger partial charge in [0.05, 0.1) is 6.61 Å². The van der Waals surface area contributed by atoms with E-state index in [2.05, 4.69) is 5.32 Å². The Morgan fingerprint density at radius 3 is 1.97 bits per heavy atom. The minimum atomic E-state index is -1.01. The largest absolute Gasteiger partial charge is 0.453 e. The van der Waals surface area contributed by atoms with Crippen LogP contribution in [0.3, 0.4) is 0 Å². The highest BCUT2D eigenvalue weighted by molar-refractivity contribution is 5.87. The summed E-state index contributed by atoms with van der Waals surface area (Å²) in [7, 11) is 0. The molecule has 1 aromatic carbocycles. The maximum Gasteiger partial charge on any atom is 0.408 e. The Hall–Kier alpha value is -2.74. The van der Waals surface area contributed by atoms with Gasteiger partial charge in [-0.05, 0) is 33.3 Å². The van der Waals surface area contributed by atoms with Gasteiger partial charge < -0.3 is 24.7 Å². The molecule has 188 valence electrons. The van der Waals surface area contributed by atoms with E-state index in [1.54, 1.807) is 20.8 Å². The molecule has 2 atom stereocenters. The van der Waals surface area contributed by atoms with Gasteiger partial charge in [0.25, 0.3) is 0 Å². The minimum Gasteiger partial charge on any atom is -0.453 e. The number of hydrogen-bond donors (Lipinski definition) is 2. The van der Waals surface area contributed by atoms with Gasteiger partial charge in [0.15, 0.2) is 11.9 Å². The SMILES string of the molecule is C.C.C.C.C=O.CC(OC(=O)C(Cc1ccccc1)NC(=O)OC(C)(C)C)C(=O)CCO. The van der Waals surface area contributed by atoms with Crippen LogP contribution in [0.4, 0.5) is 4.79 Å². The second-order valence-corrected chi connectivity index (χ2v) is 6.91. The molecule has 1 rings (SSSR count). The highest BCUT2D eigenvalue weighted by Crippen LogP contribution is 2.10. The Morgan fingerprint density at radius 2 is 1.53 bits per heavy atom. The van der Waals surface area contributed by atoms with E-state index in [0.717, 1.165) is 5.56 Å². The van der Waals surface area contributed by atoms with Gasteiger partial charge in [-0.25, -0.2) is 9.59 Å². The maximum absolute atomic E-state index is 12.5. The molecule has 1 aromatic rings. The van der Waals surface area contributed by atoms with Crippen molar-refractivity contribution >= 4 is 24.6 Å². The van der Waals surface area contributed by atoms with Crippen LogP contribution in [0.2, 0.25) is 0 Å². The topological polar surface area (TPSA) is 119 Å². The number of Topliss-reactive ketones (excluding diaryl/α,β-unsaturated/α-hetero) is 1. The van der Waals surface area contributed by atoms with Crippen molar-refractivity contribution in [2.75, 3.05) is 6.61 Å². The number of nitrogens with one attached hydrogen (secondary N) is 1. The summed E-state index contributed by atoms with van der Waals surface area (Å²) in [5, 5.41) is 11.3. The number of benzene rings is 1. The van der Waals surface area contributed by atoms with Gasteiger partial charge in [0, 0.05) is 12.8 Å². The van der Waals surface area contributed by atoms with Crippen LogP contribution >= 0.6 is 0 Å². The van der Waals surface area contributed by atoms with Crippen LogP contribution in [-0.2, 0) is 30.3 Å². The van der Waals surface area contributed by atoms with Crippen LogP contribution in [-0.4, -0.2) is 54.1 Å². The Kier molecular flexibility index (Phi) is 25.0. The van der Waals surface area contributed by atoms with E-state index >= 15 is 0 Å². The van der Waals surface area contributed by atoms with Gasteiger partial charge in [-0.2, -0.15) is 0 Å². The van der Waals surface area contributed by atoms with Crippen molar-refractivity contribution in [2.24, 2.45) is 0 Å². The molecule has 0 saturated carbocycles. The number of aliphatic hydroxyl groups excluding tert-OH is 1. The Bertz CT molecular complexity index is 627. The fourth-order valence-electron chi connectivity index (χ4n) is 2.13. The van der Waals surface area contributed by atoms with Crippen LogP contribution in [0.25, 0.3) is 0 Å². The number of carbonyl (C=O) groups excluding carboxylic acids is 4. The Morgan fingerprint density at radius 1 is 1.03 bits per heavy atom. The Labute approximate surface area is 194 Å². The number of alkyl carbamates (subject to hydrolysis) is 1. The number of ketones is 1. The summed E-state index contributed by atoms with van der Waals surface area (Å²) in [6.45, 7) is 8.26. The normalized spacial score (nSPS) is 11.0. The first-order valence-electron chi connectivity index (χ1n) is 8.78. The lowest BCUT2D eigenvalue weighted by Gasteiger charge is -2.24. The summed E-state index contributed by atoms with van der Waals surface area (Å²) in [4.78, 5) is 44.2. The molecule has 8 nitrogen and oxygen atoms in total. The van der Waals surface area contributed by atoms with Crippen molar-refractivity contribution in [1.29, 1.82) is 0 Å². The lowest BCUT2D eigenvalue weighted by molar-refractivity contribution is -0.156. The monoisotopic (exact) mass is 459 g/mol. The van der Waals surface area contributed by atoms with Crippen molar-refractivity contribution in [3.05, 3.63) is 35.9 Å². The third-order valence-corrected chi connectivity index (χ3v) is 3.36. The molecule has 2 unspecified atom stereocenters. The van der Waals surface area contributed by atoms with Crippen molar-refractivity contribution in [3.8, 4) is 0 Å². The molecule has 0 aliphatic rings. The predicted molar refractivity (Wildman–Crippen MR) is 130 cm³/mol. The molecule has 0 fully saturated rings. The van der Waals surface area contributed by atoms with Gasteiger partial charge in [0.2, 0.25) is 0 Å². The maximum atomic E-state index is 12.5. The summed E-state index contributed by atoms with van der Waals surface area (Å²) in [5.74, 6) is -1.13. The van der Waals surface area contributed by atoms with Crippen LogP contribution in [0.15, 0.2) is 30.3 Å². The number of rotatable bonds is 8. The van der Waals surface area contributed by atoms with Crippen LogP contribution < -0.4 is 5.32 Å². The van der Waals surface area contributed by atoms with Crippen LogP contribution in [0, 0.1) is 0 Å². The number of ether oxygens (including phenoxy) is 2. The first kappa shape index (κ1) is 39.7. The van der Waals surface area contributed by atoms with Gasteiger partial charge in [0.1, 0.15) is 18.4 Å². The minimum absolute atomic E-state index is 0. The van der Waals surface area contributed by atoms with Crippen LogP contribution in [0.1, 0.15) is 69.4 Å². The third-order valence-electron chi connectivity index (χ3n) is 3.36. The molecule has 2 N–H and O–H groups in total. The van der Waals surface area contributed by atoms with E-state index in [0.29, 0.717) is 0 Å². The molecule has 0 spiro atoms. The molecule has 0 aliphatic heterocycles. The van der Waals surface area contributed by atoms with Crippen molar-refractivity contribution < 1.29 is 33.8 Å². The summed E-state index contributed by atoms with van der Waals surface area (Å²) < 4.78 is 10.3. The molecular weight excluding hydrogens is 414 g/mol. The van der Waals surface area contributed by atoms with Crippen molar-refractivity contribution in [1.82, 2.24) is 5.32 Å². The number of hydrogen-bond acceptors (Lipinski definition) is 7. The van der Waals surface area contributed by atoms with E-state index in [4.69, 9.17) is 19.4 Å². The molecule has 0 radical (unpaired) electrons. The van der Waals surface area contributed by atoms with E-state index in [1.807, 2.05) is 37.1 Å². The van der Waals surface area contributed by atoms with E-state index < -0.39 is 35.6 Å². The number of amides is 1. The number of carbonyl (C=O) groups is 4. The second kappa shape index (κ2) is 20.2. The van der Waals surface area contributed by atoms with Crippen molar-refractivity contribution in [3.63, 3.8) is 0 Å². The molecule has 1 amide bonds. The van der Waals surface area contributed by atoms with E-state index in [1.165, 1.54) is 6.92 Å².